The molecule has 0 saturated heterocycles. The molecule has 3 N–H and O–H groups in total. The van der Waals surface area contributed by atoms with Gasteiger partial charge < -0.3 is 15.6 Å². The lowest BCUT2D eigenvalue weighted by Crippen LogP contribution is -2.20. The molecule has 0 aliphatic rings. The van der Waals surface area contributed by atoms with Crippen molar-refractivity contribution in [3.05, 3.63) is 29.8 Å². The van der Waals surface area contributed by atoms with Crippen molar-refractivity contribution in [2.75, 3.05) is 6.54 Å². The third-order valence-electron chi connectivity index (χ3n) is 2.75. The molecule has 0 amide bonds. The van der Waals surface area contributed by atoms with Crippen LogP contribution in [0.15, 0.2) is 24.3 Å². The molecule has 0 radical (unpaired) electrons. The zero-order valence-electron chi connectivity index (χ0n) is 10.2. The van der Waals surface area contributed by atoms with E-state index in [4.69, 9.17) is 10.5 Å². The molecule has 0 aliphatic heterocycles. The van der Waals surface area contributed by atoms with Gasteiger partial charge in [0.2, 0.25) is 0 Å². The Hall–Kier alpha value is -1.06. The first kappa shape index (κ1) is 13.0. The smallest absolute Gasteiger partial charge is 0.125 e. The number of aliphatic hydroxyl groups is 1. The first-order valence-corrected chi connectivity index (χ1v) is 5.70. The van der Waals surface area contributed by atoms with Gasteiger partial charge in [-0.2, -0.15) is 0 Å². The van der Waals surface area contributed by atoms with Gasteiger partial charge in [0.05, 0.1) is 12.2 Å². The maximum atomic E-state index is 9.76. The van der Waals surface area contributed by atoms with E-state index in [0.717, 1.165) is 11.3 Å². The Morgan fingerprint density at radius 1 is 1.25 bits per heavy atom. The number of para-hydroxylation sites is 1. The van der Waals surface area contributed by atoms with Gasteiger partial charge in [-0.3, -0.25) is 0 Å². The Morgan fingerprint density at radius 2 is 1.88 bits per heavy atom. The van der Waals surface area contributed by atoms with Crippen molar-refractivity contribution >= 4 is 0 Å². The van der Waals surface area contributed by atoms with E-state index in [1.165, 1.54) is 0 Å². The van der Waals surface area contributed by atoms with E-state index < -0.39 is 6.10 Å². The van der Waals surface area contributed by atoms with Gasteiger partial charge in [-0.05, 0) is 18.9 Å². The summed E-state index contributed by atoms with van der Waals surface area (Å²) in [6.45, 7) is 6.44. The maximum absolute atomic E-state index is 9.76. The molecule has 16 heavy (non-hydrogen) atoms. The first-order chi connectivity index (χ1) is 7.56. The van der Waals surface area contributed by atoms with Gasteiger partial charge in [0.25, 0.3) is 0 Å². The number of ether oxygens (including phenoxy) is 1. The van der Waals surface area contributed by atoms with Crippen LogP contribution in [0.4, 0.5) is 0 Å². The Kier molecular flexibility index (Phi) is 4.77. The fraction of sp³-hybridized carbons (Fsp3) is 0.538. The van der Waals surface area contributed by atoms with E-state index in [9.17, 15) is 5.11 Å². The largest absolute Gasteiger partial charge is 0.490 e. The normalized spacial score (nSPS) is 14.9. The lowest BCUT2D eigenvalue weighted by atomic mass is 10.1. The van der Waals surface area contributed by atoms with Crippen LogP contribution in [0, 0.1) is 5.92 Å². The maximum Gasteiger partial charge on any atom is 0.125 e. The van der Waals surface area contributed by atoms with Crippen molar-refractivity contribution in [1.82, 2.24) is 0 Å². The summed E-state index contributed by atoms with van der Waals surface area (Å²) in [7, 11) is 0. The topological polar surface area (TPSA) is 55.5 Å². The van der Waals surface area contributed by atoms with Crippen molar-refractivity contribution in [3.8, 4) is 5.75 Å². The molecule has 1 aromatic rings. The molecule has 0 fully saturated rings. The Morgan fingerprint density at radius 3 is 2.44 bits per heavy atom. The molecule has 0 unspecified atom stereocenters. The average Bonchev–Trinajstić information content (AvgIpc) is 2.28. The summed E-state index contributed by atoms with van der Waals surface area (Å²) in [4.78, 5) is 0. The predicted octanol–water partition coefficient (Wildman–Crippen LogP) is 2.10. The Balaban J connectivity index is 2.86. The number of nitrogens with two attached hydrogens (primary N) is 1. The van der Waals surface area contributed by atoms with Crippen LogP contribution in [0.25, 0.3) is 0 Å². The van der Waals surface area contributed by atoms with Crippen molar-refractivity contribution < 1.29 is 9.84 Å². The minimum Gasteiger partial charge on any atom is -0.490 e. The molecule has 3 heteroatoms. The summed E-state index contributed by atoms with van der Waals surface area (Å²) in [5, 5.41) is 9.76. The van der Waals surface area contributed by atoms with Crippen molar-refractivity contribution in [3.63, 3.8) is 0 Å². The molecule has 0 aliphatic carbocycles. The Labute approximate surface area is 97.2 Å². The second kappa shape index (κ2) is 5.87. The third kappa shape index (κ3) is 3.22. The van der Waals surface area contributed by atoms with E-state index in [1.54, 1.807) is 0 Å². The van der Waals surface area contributed by atoms with E-state index >= 15 is 0 Å². The molecule has 0 aromatic heterocycles. The number of rotatable bonds is 5. The summed E-state index contributed by atoms with van der Waals surface area (Å²) < 4.78 is 5.81. The minimum atomic E-state index is -0.657. The third-order valence-corrected chi connectivity index (χ3v) is 2.75. The van der Waals surface area contributed by atoms with Gasteiger partial charge in [0.15, 0.2) is 0 Å². The van der Waals surface area contributed by atoms with Crippen LogP contribution < -0.4 is 10.5 Å². The van der Waals surface area contributed by atoms with Crippen LogP contribution in [-0.4, -0.2) is 17.8 Å². The molecule has 0 bridgehead atoms. The monoisotopic (exact) mass is 223 g/mol. The zero-order chi connectivity index (χ0) is 12.1. The van der Waals surface area contributed by atoms with Gasteiger partial charge in [0.1, 0.15) is 5.75 Å². The quantitative estimate of drug-likeness (QED) is 0.803. The van der Waals surface area contributed by atoms with Gasteiger partial charge in [-0.25, -0.2) is 0 Å². The Bertz CT molecular complexity index is 325. The summed E-state index contributed by atoms with van der Waals surface area (Å²) in [6, 6.07) is 7.49. The molecule has 0 saturated carbocycles. The lowest BCUT2D eigenvalue weighted by Gasteiger charge is -2.21. The predicted molar refractivity (Wildman–Crippen MR) is 65.4 cm³/mol. The SMILES string of the molecule is CC(C)[C@@H](C)Oc1ccccc1[C@@H](O)CN. The summed E-state index contributed by atoms with van der Waals surface area (Å²) in [5.74, 6) is 1.16. The molecule has 1 aromatic carbocycles. The summed E-state index contributed by atoms with van der Waals surface area (Å²) in [6.07, 6.45) is -0.540. The molecular formula is C13H21NO2. The molecular weight excluding hydrogens is 202 g/mol. The van der Waals surface area contributed by atoms with Crippen LogP contribution in [0.2, 0.25) is 0 Å². The highest BCUT2D eigenvalue weighted by molar-refractivity contribution is 5.35. The van der Waals surface area contributed by atoms with Crippen molar-refractivity contribution in [2.45, 2.75) is 33.0 Å². The van der Waals surface area contributed by atoms with Crippen LogP contribution in [0.5, 0.6) is 5.75 Å². The van der Waals surface area contributed by atoms with Crippen molar-refractivity contribution in [2.24, 2.45) is 11.7 Å². The van der Waals surface area contributed by atoms with Gasteiger partial charge in [-0.1, -0.05) is 32.0 Å². The fourth-order valence-corrected chi connectivity index (χ4v) is 1.33. The number of hydrogen-bond donors (Lipinski definition) is 2. The summed E-state index contributed by atoms with van der Waals surface area (Å²) in [5.41, 5.74) is 6.22. The van der Waals surface area contributed by atoms with Gasteiger partial charge >= 0.3 is 0 Å². The molecule has 3 nitrogen and oxygen atoms in total. The summed E-state index contributed by atoms with van der Waals surface area (Å²) >= 11 is 0. The van der Waals surface area contributed by atoms with E-state index in [0.29, 0.717) is 5.92 Å². The fourth-order valence-electron chi connectivity index (χ4n) is 1.33. The van der Waals surface area contributed by atoms with Gasteiger partial charge in [0, 0.05) is 12.1 Å². The minimum absolute atomic E-state index is 0.117. The standard InChI is InChI=1S/C13H21NO2/c1-9(2)10(3)16-13-7-5-4-6-11(13)12(15)8-14/h4-7,9-10,12,15H,8,14H2,1-3H3/t10-,12+/m1/s1. The number of benzene rings is 1. The molecule has 90 valence electrons. The highest BCUT2D eigenvalue weighted by Gasteiger charge is 2.15. The van der Waals surface area contributed by atoms with E-state index in [-0.39, 0.29) is 12.6 Å². The van der Waals surface area contributed by atoms with Gasteiger partial charge in [-0.15, -0.1) is 0 Å². The number of hydrogen-bond acceptors (Lipinski definition) is 3. The zero-order valence-corrected chi connectivity index (χ0v) is 10.2. The van der Waals surface area contributed by atoms with Crippen LogP contribution in [0.3, 0.4) is 0 Å². The molecule has 1 rings (SSSR count). The van der Waals surface area contributed by atoms with Crippen molar-refractivity contribution in [1.29, 1.82) is 0 Å². The number of aliphatic hydroxyl groups excluding tert-OH is 1. The lowest BCUT2D eigenvalue weighted by molar-refractivity contribution is 0.149. The molecule has 0 spiro atoms. The highest BCUT2D eigenvalue weighted by Crippen LogP contribution is 2.26. The average molecular weight is 223 g/mol. The van der Waals surface area contributed by atoms with E-state index in [1.807, 2.05) is 31.2 Å². The van der Waals surface area contributed by atoms with E-state index in [2.05, 4.69) is 13.8 Å². The molecule has 2 atom stereocenters. The van der Waals surface area contributed by atoms with Crippen LogP contribution >= 0.6 is 0 Å². The first-order valence-electron chi connectivity index (χ1n) is 5.70. The van der Waals surface area contributed by atoms with Crippen LogP contribution in [-0.2, 0) is 0 Å². The second-order valence-corrected chi connectivity index (χ2v) is 4.36. The highest BCUT2D eigenvalue weighted by atomic mass is 16.5. The molecule has 0 heterocycles. The van der Waals surface area contributed by atoms with Crippen LogP contribution in [0.1, 0.15) is 32.4 Å². The second-order valence-electron chi connectivity index (χ2n) is 4.36.